The van der Waals surface area contributed by atoms with Crippen molar-refractivity contribution in [3.63, 3.8) is 0 Å². The number of nitrogens with one attached hydrogen (secondary N) is 1. The number of hydrogen-bond donors (Lipinski definition) is 1. The Bertz CT molecular complexity index is 491. The molecule has 20 heavy (non-hydrogen) atoms. The summed E-state index contributed by atoms with van der Waals surface area (Å²) in [6.07, 6.45) is 2.57. The van der Waals surface area contributed by atoms with Crippen LogP contribution < -0.4 is 5.32 Å². The van der Waals surface area contributed by atoms with Gasteiger partial charge < -0.3 is 10.1 Å². The summed E-state index contributed by atoms with van der Waals surface area (Å²) in [7, 11) is 0. The average molecular weight is 276 g/mol. The number of morpholine rings is 1. The van der Waals surface area contributed by atoms with Crippen LogP contribution in [0.5, 0.6) is 0 Å². The van der Waals surface area contributed by atoms with Crippen molar-refractivity contribution in [2.24, 2.45) is 0 Å². The van der Waals surface area contributed by atoms with Gasteiger partial charge in [0.05, 0.1) is 6.61 Å². The zero-order valence-electron chi connectivity index (χ0n) is 12.6. The number of aryl methyl sites for hydroxylation is 1. The van der Waals surface area contributed by atoms with Crippen molar-refractivity contribution in [3.05, 3.63) is 17.1 Å². The minimum absolute atomic E-state index is 0.0149. The third-order valence-corrected chi connectivity index (χ3v) is 4.43. The smallest absolute Gasteiger partial charge is 0.161 e. The fraction of sp³-hybridized carbons (Fsp3) is 0.733. The van der Waals surface area contributed by atoms with Gasteiger partial charge in [0.15, 0.2) is 5.82 Å². The molecule has 2 aliphatic rings. The first kappa shape index (κ1) is 13.8. The molecule has 2 saturated heterocycles. The summed E-state index contributed by atoms with van der Waals surface area (Å²) in [5.41, 5.74) is 2.17. The van der Waals surface area contributed by atoms with Crippen molar-refractivity contribution in [1.82, 2.24) is 14.9 Å². The third-order valence-electron chi connectivity index (χ3n) is 4.43. The van der Waals surface area contributed by atoms with Gasteiger partial charge in [-0.15, -0.1) is 0 Å². The second kappa shape index (κ2) is 5.66. The molecule has 0 aromatic carbocycles. The van der Waals surface area contributed by atoms with E-state index < -0.39 is 0 Å². The molecule has 1 aromatic rings. The van der Waals surface area contributed by atoms with Crippen molar-refractivity contribution in [2.45, 2.75) is 45.8 Å². The maximum absolute atomic E-state index is 6.01. The van der Waals surface area contributed by atoms with E-state index in [0.717, 1.165) is 42.6 Å². The molecule has 0 radical (unpaired) electrons. The molecule has 2 atom stereocenters. The van der Waals surface area contributed by atoms with Crippen molar-refractivity contribution in [1.29, 1.82) is 0 Å². The van der Waals surface area contributed by atoms with E-state index in [0.29, 0.717) is 6.04 Å². The lowest BCUT2D eigenvalue weighted by atomic mass is 10.1. The maximum atomic E-state index is 6.01. The highest BCUT2D eigenvalue weighted by atomic mass is 16.5. The van der Waals surface area contributed by atoms with E-state index >= 15 is 0 Å². The van der Waals surface area contributed by atoms with Gasteiger partial charge in [-0.3, -0.25) is 4.90 Å². The Morgan fingerprint density at radius 1 is 1.35 bits per heavy atom. The van der Waals surface area contributed by atoms with Crippen LogP contribution in [-0.2, 0) is 4.74 Å². The Morgan fingerprint density at radius 3 is 3.00 bits per heavy atom. The lowest BCUT2D eigenvalue weighted by Gasteiger charge is -2.34. The molecule has 3 heterocycles. The summed E-state index contributed by atoms with van der Waals surface area (Å²) in [5.74, 6) is 1.77. The highest BCUT2D eigenvalue weighted by Crippen LogP contribution is 2.29. The molecule has 0 bridgehead atoms. The van der Waals surface area contributed by atoms with E-state index in [9.17, 15) is 0 Å². The zero-order chi connectivity index (χ0) is 14.1. The number of anilines is 1. The van der Waals surface area contributed by atoms with Gasteiger partial charge in [-0.25, -0.2) is 9.97 Å². The highest BCUT2D eigenvalue weighted by molar-refractivity contribution is 5.45. The SMILES string of the molecule is CCNc1nc(C2CN3CCCC3CO2)nc(C)c1C. The van der Waals surface area contributed by atoms with E-state index in [2.05, 4.69) is 34.0 Å². The van der Waals surface area contributed by atoms with Crippen LogP contribution in [0.1, 0.15) is 43.0 Å². The normalized spacial score (nSPS) is 26.6. The van der Waals surface area contributed by atoms with E-state index in [4.69, 9.17) is 4.74 Å². The Morgan fingerprint density at radius 2 is 2.20 bits per heavy atom. The largest absolute Gasteiger partial charge is 0.370 e. The van der Waals surface area contributed by atoms with Crippen LogP contribution in [0.4, 0.5) is 5.82 Å². The second-order valence-corrected chi connectivity index (χ2v) is 5.78. The fourth-order valence-electron chi connectivity index (χ4n) is 3.11. The molecule has 0 amide bonds. The van der Waals surface area contributed by atoms with Crippen LogP contribution in [0.25, 0.3) is 0 Å². The Balaban J connectivity index is 1.82. The van der Waals surface area contributed by atoms with Gasteiger partial charge in [0, 0.05) is 30.4 Å². The minimum atomic E-state index is 0.0149. The van der Waals surface area contributed by atoms with Gasteiger partial charge in [-0.05, 0) is 40.2 Å². The van der Waals surface area contributed by atoms with Crippen LogP contribution in [0.2, 0.25) is 0 Å². The van der Waals surface area contributed by atoms with E-state index in [-0.39, 0.29) is 6.10 Å². The quantitative estimate of drug-likeness (QED) is 0.916. The molecule has 1 N–H and O–H groups in total. The Kier molecular flexibility index (Phi) is 3.89. The van der Waals surface area contributed by atoms with Crippen LogP contribution in [-0.4, -0.2) is 47.2 Å². The Labute approximate surface area is 120 Å². The fourth-order valence-corrected chi connectivity index (χ4v) is 3.11. The second-order valence-electron chi connectivity index (χ2n) is 5.78. The summed E-state index contributed by atoms with van der Waals surface area (Å²) < 4.78 is 6.01. The molecule has 2 unspecified atom stereocenters. The molecule has 2 fully saturated rings. The minimum Gasteiger partial charge on any atom is -0.370 e. The molecule has 2 aliphatic heterocycles. The number of aromatic nitrogens is 2. The summed E-state index contributed by atoms with van der Waals surface area (Å²) >= 11 is 0. The standard InChI is InChI=1S/C15H24N4O/c1-4-16-14-10(2)11(3)17-15(18-14)13-8-19-7-5-6-12(19)9-20-13/h12-13H,4-9H2,1-3H3,(H,16,17,18). The van der Waals surface area contributed by atoms with E-state index in [1.54, 1.807) is 0 Å². The van der Waals surface area contributed by atoms with Gasteiger partial charge in [0.25, 0.3) is 0 Å². The molecule has 5 nitrogen and oxygen atoms in total. The highest BCUT2D eigenvalue weighted by Gasteiger charge is 2.34. The molecular weight excluding hydrogens is 252 g/mol. The monoisotopic (exact) mass is 276 g/mol. The van der Waals surface area contributed by atoms with E-state index in [1.807, 2.05) is 6.92 Å². The molecule has 0 aliphatic carbocycles. The molecule has 0 saturated carbocycles. The van der Waals surface area contributed by atoms with Gasteiger partial charge >= 0.3 is 0 Å². The van der Waals surface area contributed by atoms with Crippen molar-refractivity contribution >= 4 is 5.82 Å². The van der Waals surface area contributed by atoms with Crippen molar-refractivity contribution in [2.75, 3.05) is 31.6 Å². The first-order valence-electron chi connectivity index (χ1n) is 7.63. The number of ether oxygens (including phenoxy) is 1. The number of hydrogen-bond acceptors (Lipinski definition) is 5. The summed E-state index contributed by atoms with van der Waals surface area (Å²) in [5, 5.41) is 3.32. The molecular formula is C15H24N4O. The van der Waals surface area contributed by atoms with Gasteiger partial charge in [-0.1, -0.05) is 0 Å². The number of rotatable bonds is 3. The van der Waals surface area contributed by atoms with Crippen molar-refractivity contribution in [3.8, 4) is 0 Å². The summed E-state index contributed by atoms with van der Waals surface area (Å²) in [6, 6.07) is 0.617. The van der Waals surface area contributed by atoms with Crippen LogP contribution in [0.15, 0.2) is 0 Å². The van der Waals surface area contributed by atoms with Crippen LogP contribution >= 0.6 is 0 Å². The molecule has 110 valence electrons. The summed E-state index contributed by atoms with van der Waals surface area (Å²) in [6.45, 7) is 10.0. The van der Waals surface area contributed by atoms with Gasteiger partial charge in [0.2, 0.25) is 0 Å². The molecule has 1 aromatic heterocycles. The topological polar surface area (TPSA) is 50.3 Å². The van der Waals surface area contributed by atoms with Crippen LogP contribution in [0.3, 0.4) is 0 Å². The maximum Gasteiger partial charge on any atom is 0.161 e. The number of fused-ring (bicyclic) bond motifs is 1. The first-order chi connectivity index (χ1) is 9.69. The first-order valence-corrected chi connectivity index (χ1v) is 7.63. The Hall–Kier alpha value is -1.20. The zero-order valence-corrected chi connectivity index (χ0v) is 12.6. The lowest BCUT2D eigenvalue weighted by molar-refractivity contribution is -0.0541. The van der Waals surface area contributed by atoms with Crippen molar-refractivity contribution < 1.29 is 4.74 Å². The average Bonchev–Trinajstić information content (AvgIpc) is 2.91. The molecule has 0 spiro atoms. The van der Waals surface area contributed by atoms with E-state index in [1.165, 1.54) is 19.4 Å². The predicted octanol–water partition coefficient (Wildman–Crippen LogP) is 2.06. The van der Waals surface area contributed by atoms with Gasteiger partial charge in [-0.2, -0.15) is 0 Å². The molecule has 5 heteroatoms. The lowest BCUT2D eigenvalue weighted by Crippen LogP contribution is -2.43. The van der Waals surface area contributed by atoms with Crippen LogP contribution in [0, 0.1) is 13.8 Å². The number of nitrogens with zero attached hydrogens (tertiary/aromatic N) is 3. The van der Waals surface area contributed by atoms with Gasteiger partial charge in [0.1, 0.15) is 11.9 Å². The summed E-state index contributed by atoms with van der Waals surface area (Å²) in [4.78, 5) is 11.9. The third kappa shape index (κ3) is 2.52. The molecule has 3 rings (SSSR count). The predicted molar refractivity (Wildman–Crippen MR) is 79.0 cm³/mol.